The van der Waals surface area contributed by atoms with E-state index in [1.54, 1.807) is 48.4 Å². The standard InChI is InChI=1S/C20H17BrN4O4/c1-28-16-8-6-15(7-9-16)25-11-13(10-17(25)26)19-23-24-20(29-19)22-18(27)12-2-4-14(21)5-3-12/h2-9,13H,10-11H2,1H3,(H,22,24,27). The summed E-state index contributed by atoms with van der Waals surface area (Å²) in [5.41, 5.74) is 1.25. The van der Waals surface area contributed by atoms with Crippen molar-refractivity contribution < 1.29 is 18.7 Å². The van der Waals surface area contributed by atoms with Crippen LogP contribution in [0.2, 0.25) is 0 Å². The zero-order valence-corrected chi connectivity index (χ0v) is 17.0. The first-order valence-corrected chi connectivity index (χ1v) is 9.67. The lowest BCUT2D eigenvalue weighted by Gasteiger charge is -2.16. The summed E-state index contributed by atoms with van der Waals surface area (Å²) in [5, 5.41) is 10.5. The van der Waals surface area contributed by atoms with Gasteiger partial charge >= 0.3 is 6.01 Å². The van der Waals surface area contributed by atoms with Crippen molar-refractivity contribution in [1.29, 1.82) is 0 Å². The molecule has 1 aliphatic heterocycles. The van der Waals surface area contributed by atoms with Gasteiger partial charge in [-0.15, -0.1) is 5.10 Å². The monoisotopic (exact) mass is 456 g/mol. The van der Waals surface area contributed by atoms with Gasteiger partial charge in [0.15, 0.2) is 0 Å². The molecule has 1 atom stereocenters. The van der Waals surface area contributed by atoms with Gasteiger partial charge in [0.2, 0.25) is 11.8 Å². The van der Waals surface area contributed by atoms with E-state index in [1.165, 1.54) is 0 Å². The molecule has 1 unspecified atom stereocenters. The summed E-state index contributed by atoms with van der Waals surface area (Å²) in [6.45, 7) is 0.424. The van der Waals surface area contributed by atoms with Crippen molar-refractivity contribution in [1.82, 2.24) is 10.2 Å². The predicted octanol–water partition coefficient (Wildman–Crippen LogP) is 3.61. The van der Waals surface area contributed by atoms with Crippen molar-refractivity contribution in [2.24, 2.45) is 0 Å². The first-order valence-electron chi connectivity index (χ1n) is 8.88. The maximum absolute atomic E-state index is 12.4. The van der Waals surface area contributed by atoms with Gasteiger partial charge in [-0.25, -0.2) is 0 Å². The molecule has 2 heterocycles. The fourth-order valence-corrected chi connectivity index (χ4v) is 3.37. The Kier molecular flexibility index (Phi) is 5.30. The SMILES string of the molecule is COc1ccc(N2CC(c3nnc(NC(=O)c4ccc(Br)cc4)o3)CC2=O)cc1. The third-order valence-electron chi connectivity index (χ3n) is 4.63. The average molecular weight is 457 g/mol. The van der Waals surface area contributed by atoms with Crippen molar-refractivity contribution in [2.45, 2.75) is 12.3 Å². The van der Waals surface area contributed by atoms with E-state index < -0.39 is 0 Å². The van der Waals surface area contributed by atoms with E-state index in [1.807, 2.05) is 12.1 Å². The highest BCUT2D eigenvalue weighted by Crippen LogP contribution is 2.32. The van der Waals surface area contributed by atoms with E-state index >= 15 is 0 Å². The Labute approximate surface area is 175 Å². The van der Waals surface area contributed by atoms with Crippen LogP contribution in [0, 0.1) is 0 Å². The lowest BCUT2D eigenvalue weighted by atomic mass is 10.1. The summed E-state index contributed by atoms with van der Waals surface area (Å²) < 4.78 is 11.6. The number of amides is 2. The molecule has 1 aromatic heterocycles. The Balaban J connectivity index is 1.43. The van der Waals surface area contributed by atoms with Crippen LogP contribution in [0.4, 0.5) is 11.7 Å². The normalized spacial score (nSPS) is 16.1. The third-order valence-corrected chi connectivity index (χ3v) is 5.15. The van der Waals surface area contributed by atoms with Gasteiger partial charge < -0.3 is 14.1 Å². The molecular weight excluding hydrogens is 440 g/mol. The zero-order valence-electron chi connectivity index (χ0n) is 15.5. The molecule has 8 nitrogen and oxygen atoms in total. The molecule has 1 fully saturated rings. The van der Waals surface area contributed by atoms with Crippen LogP contribution >= 0.6 is 15.9 Å². The van der Waals surface area contributed by atoms with Crippen LogP contribution in [0.3, 0.4) is 0 Å². The Morgan fingerprint density at radius 2 is 1.90 bits per heavy atom. The summed E-state index contributed by atoms with van der Waals surface area (Å²) in [6.07, 6.45) is 0.258. The number of halogens is 1. The number of nitrogens with zero attached hydrogens (tertiary/aromatic N) is 3. The van der Waals surface area contributed by atoms with Crippen LogP contribution in [0.1, 0.15) is 28.6 Å². The maximum Gasteiger partial charge on any atom is 0.322 e. The van der Waals surface area contributed by atoms with Crippen molar-refractivity contribution >= 4 is 39.4 Å². The Morgan fingerprint density at radius 3 is 2.59 bits per heavy atom. The molecule has 0 spiro atoms. The van der Waals surface area contributed by atoms with Gasteiger partial charge in [0.1, 0.15) is 5.75 Å². The number of hydrogen-bond acceptors (Lipinski definition) is 6. The van der Waals surface area contributed by atoms with Crippen LogP contribution in [-0.2, 0) is 4.79 Å². The maximum atomic E-state index is 12.4. The second-order valence-corrected chi connectivity index (χ2v) is 7.43. The minimum atomic E-state index is -0.352. The quantitative estimate of drug-likeness (QED) is 0.629. The molecular formula is C20H17BrN4O4. The van der Waals surface area contributed by atoms with Crippen molar-refractivity contribution in [3.63, 3.8) is 0 Å². The van der Waals surface area contributed by atoms with Gasteiger partial charge in [0, 0.05) is 28.7 Å². The molecule has 9 heteroatoms. The van der Waals surface area contributed by atoms with Crippen LogP contribution in [0.15, 0.2) is 57.4 Å². The number of carbonyl (C=O) groups excluding carboxylic acids is 2. The van der Waals surface area contributed by atoms with E-state index in [0.717, 1.165) is 15.9 Å². The lowest BCUT2D eigenvalue weighted by molar-refractivity contribution is -0.117. The fraction of sp³-hybridized carbons (Fsp3) is 0.200. The molecule has 1 saturated heterocycles. The molecule has 4 rings (SSSR count). The Hall–Kier alpha value is -3.20. The summed E-state index contributed by atoms with van der Waals surface area (Å²) in [5.74, 6) is 0.421. The number of benzene rings is 2. The molecule has 1 N–H and O–H groups in total. The van der Waals surface area contributed by atoms with E-state index in [2.05, 4.69) is 31.4 Å². The second kappa shape index (κ2) is 8.04. The van der Waals surface area contributed by atoms with Gasteiger partial charge in [-0.3, -0.25) is 14.9 Å². The van der Waals surface area contributed by atoms with Crippen molar-refractivity contribution in [3.05, 3.63) is 64.5 Å². The number of carbonyl (C=O) groups is 2. The highest BCUT2D eigenvalue weighted by atomic mass is 79.9. The first kappa shape index (κ1) is 19.1. The fourth-order valence-electron chi connectivity index (χ4n) is 3.11. The number of anilines is 2. The second-order valence-electron chi connectivity index (χ2n) is 6.51. The first-order chi connectivity index (χ1) is 14.0. The van der Waals surface area contributed by atoms with Crippen LogP contribution in [0.5, 0.6) is 5.75 Å². The number of rotatable bonds is 5. The molecule has 0 saturated carbocycles. The molecule has 0 aliphatic carbocycles. The Bertz CT molecular complexity index is 1030. The summed E-state index contributed by atoms with van der Waals surface area (Å²) in [4.78, 5) is 26.4. The number of aromatic nitrogens is 2. The molecule has 1 aliphatic rings. The smallest absolute Gasteiger partial charge is 0.322 e. The molecule has 2 amide bonds. The van der Waals surface area contributed by atoms with Crippen LogP contribution < -0.4 is 15.0 Å². The summed E-state index contributed by atoms with van der Waals surface area (Å²) >= 11 is 3.33. The number of ether oxygens (including phenoxy) is 1. The number of nitrogens with one attached hydrogen (secondary N) is 1. The molecule has 3 aromatic rings. The van der Waals surface area contributed by atoms with Crippen LogP contribution in [-0.4, -0.2) is 35.7 Å². The predicted molar refractivity (Wildman–Crippen MR) is 109 cm³/mol. The van der Waals surface area contributed by atoms with Gasteiger partial charge in [0.05, 0.1) is 13.0 Å². The lowest BCUT2D eigenvalue weighted by Crippen LogP contribution is -2.24. The van der Waals surface area contributed by atoms with Crippen molar-refractivity contribution in [3.8, 4) is 5.75 Å². The van der Waals surface area contributed by atoms with E-state index in [-0.39, 0.29) is 30.2 Å². The number of hydrogen-bond donors (Lipinski definition) is 1. The summed E-state index contributed by atoms with van der Waals surface area (Å²) in [7, 11) is 1.59. The van der Waals surface area contributed by atoms with Gasteiger partial charge in [-0.05, 0) is 48.5 Å². The molecule has 148 valence electrons. The molecule has 0 bridgehead atoms. The van der Waals surface area contributed by atoms with E-state index in [9.17, 15) is 9.59 Å². The topological polar surface area (TPSA) is 97.6 Å². The van der Waals surface area contributed by atoms with Gasteiger partial charge in [0.25, 0.3) is 5.91 Å². The van der Waals surface area contributed by atoms with Crippen LogP contribution in [0.25, 0.3) is 0 Å². The highest BCUT2D eigenvalue weighted by molar-refractivity contribution is 9.10. The van der Waals surface area contributed by atoms with Gasteiger partial charge in [-0.1, -0.05) is 21.0 Å². The zero-order chi connectivity index (χ0) is 20.4. The Morgan fingerprint density at radius 1 is 1.17 bits per heavy atom. The van der Waals surface area contributed by atoms with Crippen molar-refractivity contribution in [2.75, 3.05) is 23.9 Å². The average Bonchev–Trinajstić information content (AvgIpc) is 3.35. The van der Waals surface area contributed by atoms with Gasteiger partial charge in [-0.2, -0.15) is 0 Å². The van der Waals surface area contributed by atoms with E-state index in [0.29, 0.717) is 18.0 Å². The third kappa shape index (κ3) is 4.14. The minimum Gasteiger partial charge on any atom is -0.497 e. The minimum absolute atomic E-state index is 0.00302. The summed E-state index contributed by atoms with van der Waals surface area (Å²) in [6, 6.07) is 14.2. The highest BCUT2D eigenvalue weighted by Gasteiger charge is 2.35. The molecule has 29 heavy (non-hydrogen) atoms. The molecule has 2 aromatic carbocycles. The van der Waals surface area contributed by atoms with E-state index in [4.69, 9.17) is 9.15 Å². The molecule has 0 radical (unpaired) electrons. The number of methoxy groups -OCH3 is 1. The largest absolute Gasteiger partial charge is 0.497 e.